The standard InChI is InChI=1S/C12H22N2OS/c1-9(13)10-5-6-14(8-10)12(15)11-4-2-3-7-16-11/h9-11H,2-8,13H2,1H3. The number of carbonyl (C=O) groups is 1. The fourth-order valence-corrected chi connectivity index (χ4v) is 3.84. The molecule has 3 unspecified atom stereocenters. The van der Waals surface area contributed by atoms with Crippen LogP contribution in [-0.2, 0) is 4.79 Å². The van der Waals surface area contributed by atoms with Crippen molar-refractivity contribution in [3.05, 3.63) is 0 Å². The summed E-state index contributed by atoms with van der Waals surface area (Å²) in [4.78, 5) is 14.3. The molecule has 0 spiro atoms. The average Bonchev–Trinajstić information content (AvgIpc) is 2.78. The number of hydrogen-bond acceptors (Lipinski definition) is 3. The van der Waals surface area contributed by atoms with Gasteiger partial charge in [-0.1, -0.05) is 6.42 Å². The molecule has 0 aromatic carbocycles. The maximum Gasteiger partial charge on any atom is 0.235 e. The van der Waals surface area contributed by atoms with E-state index in [2.05, 4.69) is 0 Å². The predicted octanol–water partition coefficient (Wildman–Crippen LogP) is 1.47. The summed E-state index contributed by atoms with van der Waals surface area (Å²) in [6, 6.07) is 0.219. The zero-order chi connectivity index (χ0) is 11.5. The Morgan fingerprint density at radius 3 is 2.81 bits per heavy atom. The van der Waals surface area contributed by atoms with Crippen molar-refractivity contribution in [2.75, 3.05) is 18.8 Å². The van der Waals surface area contributed by atoms with Gasteiger partial charge < -0.3 is 10.6 Å². The Labute approximate surface area is 102 Å². The van der Waals surface area contributed by atoms with E-state index in [0.717, 1.165) is 31.7 Å². The van der Waals surface area contributed by atoms with Crippen molar-refractivity contribution in [3.8, 4) is 0 Å². The summed E-state index contributed by atoms with van der Waals surface area (Å²) < 4.78 is 0. The van der Waals surface area contributed by atoms with Crippen LogP contribution in [0.15, 0.2) is 0 Å². The molecule has 0 aliphatic carbocycles. The molecule has 16 heavy (non-hydrogen) atoms. The fourth-order valence-electron chi connectivity index (χ4n) is 2.56. The first-order valence-corrected chi connectivity index (χ1v) is 7.39. The molecule has 0 aromatic rings. The number of thioether (sulfide) groups is 1. The normalized spacial score (nSPS) is 32.8. The summed E-state index contributed by atoms with van der Waals surface area (Å²) in [5, 5.41) is 0.237. The van der Waals surface area contributed by atoms with E-state index in [9.17, 15) is 4.79 Å². The van der Waals surface area contributed by atoms with Gasteiger partial charge in [-0.15, -0.1) is 11.8 Å². The highest BCUT2D eigenvalue weighted by Gasteiger charge is 2.32. The Kier molecular flexibility index (Phi) is 4.14. The maximum atomic E-state index is 12.2. The zero-order valence-electron chi connectivity index (χ0n) is 10.0. The second kappa shape index (κ2) is 5.41. The first-order valence-electron chi connectivity index (χ1n) is 6.34. The molecule has 2 saturated heterocycles. The largest absolute Gasteiger partial charge is 0.341 e. The van der Waals surface area contributed by atoms with Crippen molar-refractivity contribution < 1.29 is 4.79 Å². The van der Waals surface area contributed by atoms with Crippen molar-refractivity contribution in [1.82, 2.24) is 4.90 Å². The fraction of sp³-hybridized carbons (Fsp3) is 0.917. The molecule has 2 rings (SSSR count). The van der Waals surface area contributed by atoms with Crippen LogP contribution in [0.4, 0.5) is 0 Å². The van der Waals surface area contributed by atoms with Crippen LogP contribution >= 0.6 is 11.8 Å². The molecule has 0 saturated carbocycles. The molecular weight excluding hydrogens is 220 g/mol. The van der Waals surface area contributed by atoms with Gasteiger partial charge in [0.25, 0.3) is 0 Å². The van der Waals surface area contributed by atoms with Gasteiger partial charge in [0, 0.05) is 19.1 Å². The molecule has 2 N–H and O–H groups in total. The van der Waals surface area contributed by atoms with Gasteiger partial charge in [0.05, 0.1) is 5.25 Å². The zero-order valence-corrected chi connectivity index (χ0v) is 10.8. The molecule has 0 aromatic heterocycles. The SMILES string of the molecule is CC(N)C1CCN(C(=O)C2CCCCS2)C1. The van der Waals surface area contributed by atoms with Crippen molar-refractivity contribution in [2.24, 2.45) is 11.7 Å². The second-order valence-electron chi connectivity index (χ2n) is 5.05. The molecule has 92 valence electrons. The molecule has 1 amide bonds. The minimum atomic E-state index is 0.219. The number of nitrogens with zero attached hydrogens (tertiary/aromatic N) is 1. The van der Waals surface area contributed by atoms with E-state index in [0.29, 0.717) is 11.8 Å². The Bertz CT molecular complexity index is 251. The third-order valence-corrected chi connectivity index (χ3v) is 5.10. The van der Waals surface area contributed by atoms with E-state index in [-0.39, 0.29) is 11.3 Å². The first kappa shape index (κ1) is 12.2. The van der Waals surface area contributed by atoms with Crippen molar-refractivity contribution >= 4 is 17.7 Å². The summed E-state index contributed by atoms with van der Waals surface area (Å²) >= 11 is 1.85. The number of hydrogen-bond donors (Lipinski definition) is 1. The highest BCUT2D eigenvalue weighted by Crippen LogP contribution is 2.29. The van der Waals surface area contributed by atoms with Gasteiger partial charge in [0.15, 0.2) is 0 Å². The number of carbonyl (C=O) groups excluding carboxylic acids is 1. The second-order valence-corrected chi connectivity index (χ2v) is 6.36. The van der Waals surface area contributed by atoms with E-state index >= 15 is 0 Å². The van der Waals surface area contributed by atoms with Crippen molar-refractivity contribution in [3.63, 3.8) is 0 Å². The summed E-state index contributed by atoms with van der Waals surface area (Å²) in [5.74, 6) is 2.03. The number of likely N-dealkylation sites (tertiary alicyclic amines) is 1. The Hall–Kier alpha value is -0.220. The molecule has 2 heterocycles. The summed E-state index contributed by atoms with van der Waals surface area (Å²) in [6.07, 6.45) is 4.65. The molecular formula is C12H22N2OS. The molecule has 0 bridgehead atoms. The monoisotopic (exact) mass is 242 g/mol. The molecule has 3 nitrogen and oxygen atoms in total. The molecule has 0 radical (unpaired) electrons. The van der Waals surface area contributed by atoms with Crippen LogP contribution < -0.4 is 5.73 Å². The van der Waals surface area contributed by atoms with Crippen LogP contribution in [0.5, 0.6) is 0 Å². The summed E-state index contributed by atoms with van der Waals surface area (Å²) in [6.45, 7) is 3.85. The molecule has 2 aliphatic heterocycles. The number of amides is 1. The predicted molar refractivity (Wildman–Crippen MR) is 68.4 cm³/mol. The van der Waals surface area contributed by atoms with Gasteiger partial charge in [0.2, 0.25) is 5.91 Å². The Balaban J connectivity index is 1.86. The van der Waals surface area contributed by atoms with Gasteiger partial charge in [-0.25, -0.2) is 0 Å². The number of rotatable bonds is 2. The molecule has 2 aliphatic rings. The van der Waals surface area contributed by atoms with Crippen LogP contribution in [0.3, 0.4) is 0 Å². The first-order chi connectivity index (χ1) is 7.68. The van der Waals surface area contributed by atoms with Crippen LogP contribution in [0, 0.1) is 5.92 Å². The minimum absolute atomic E-state index is 0.219. The Morgan fingerprint density at radius 2 is 2.25 bits per heavy atom. The lowest BCUT2D eigenvalue weighted by molar-refractivity contribution is -0.129. The highest BCUT2D eigenvalue weighted by molar-refractivity contribution is 8.00. The maximum absolute atomic E-state index is 12.2. The van der Waals surface area contributed by atoms with E-state index in [1.807, 2.05) is 23.6 Å². The third-order valence-electron chi connectivity index (χ3n) is 3.74. The van der Waals surface area contributed by atoms with Gasteiger partial charge in [0.1, 0.15) is 0 Å². The van der Waals surface area contributed by atoms with Crippen molar-refractivity contribution in [1.29, 1.82) is 0 Å². The third kappa shape index (κ3) is 2.72. The van der Waals surface area contributed by atoms with E-state index < -0.39 is 0 Å². The highest BCUT2D eigenvalue weighted by atomic mass is 32.2. The van der Waals surface area contributed by atoms with E-state index in [4.69, 9.17) is 5.73 Å². The van der Waals surface area contributed by atoms with Gasteiger partial charge in [-0.2, -0.15) is 0 Å². The van der Waals surface area contributed by atoms with Crippen LogP contribution in [0.25, 0.3) is 0 Å². The lowest BCUT2D eigenvalue weighted by Crippen LogP contribution is -2.38. The van der Waals surface area contributed by atoms with Crippen LogP contribution in [0.2, 0.25) is 0 Å². The van der Waals surface area contributed by atoms with Gasteiger partial charge >= 0.3 is 0 Å². The lowest BCUT2D eigenvalue weighted by atomic mass is 10.0. The van der Waals surface area contributed by atoms with Gasteiger partial charge in [-0.3, -0.25) is 4.79 Å². The minimum Gasteiger partial charge on any atom is -0.341 e. The van der Waals surface area contributed by atoms with E-state index in [1.165, 1.54) is 12.8 Å². The van der Waals surface area contributed by atoms with Crippen LogP contribution in [-0.4, -0.2) is 40.9 Å². The smallest absolute Gasteiger partial charge is 0.235 e. The van der Waals surface area contributed by atoms with Crippen molar-refractivity contribution in [2.45, 2.75) is 43.9 Å². The molecule has 4 heteroatoms. The average molecular weight is 242 g/mol. The lowest BCUT2D eigenvalue weighted by Gasteiger charge is -2.26. The van der Waals surface area contributed by atoms with Gasteiger partial charge in [-0.05, 0) is 37.9 Å². The van der Waals surface area contributed by atoms with Crippen LogP contribution in [0.1, 0.15) is 32.6 Å². The summed E-state index contributed by atoms with van der Waals surface area (Å²) in [5.41, 5.74) is 5.90. The number of nitrogens with two attached hydrogens (primary N) is 1. The molecule has 3 atom stereocenters. The summed E-state index contributed by atoms with van der Waals surface area (Å²) in [7, 11) is 0. The Morgan fingerprint density at radius 1 is 1.44 bits per heavy atom. The quantitative estimate of drug-likeness (QED) is 0.797. The van der Waals surface area contributed by atoms with E-state index in [1.54, 1.807) is 0 Å². The molecule has 2 fully saturated rings. The topological polar surface area (TPSA) is 46.3 Å².